The average Bonchev–Trinajstić information content (AvgIpc) is 2.24. The number of carbonyl (C=O) groups is 1. The maximum absolute atomic E-state index is 13.4. The van der Waals surface area contributed by atoms with Gasteiger partial charge in [-0.25, -0.2) is 8.78 Å². The van der Waals surface area contributed by atoms with Crippen molar-refractivity contribution >= 4 is 11.6 Å². The Labute approximate surface area is 106 Å². The van der Waals surface area contributed by atoms with Crippen LogP contribution >= 0.6 is 0 Å². The van der Waals surface area contributed by atoms with Crippen molar-refractivity contribution in [1.29, 1.82) is 0 Å². The van der Waals surface area contributed by atoms with Crippen LogP contribution < -0.4 is 10.6 Å². The van der Waals surface area contributed by atoms with Gasteiger partial charge in [0.05, 0.1) is 5.69 Å². The lowest BCUT2D eigenvalue weighted by molar-refractivity contribution is -0.121. The molecule has 18 heavy (non-hydrogen) atoms. The molecule has 3 nitrogen and oxygen atoms in total. The minimum atomic E-state index is -0.516. The van der Waals surface area contributed by atoms with Crippen LogP contribution in [0, 0.1) is 18.6 Å². The van der Waals surface area contributed by atoms with Crippen molar-refractivity contribution in [2.24, 2.45) is 0 Å². The maximum Gasteiger partial charge on any atom is 0.221 e. The minimum absolute atomic E-state index is 0.0751. The molecule has 0 spiro atoms. The number of benzene rings is 1. The fraction of sp³-hybridized carbons (Fsp3) is 0.462. The van der Waals surface area contributed by atoms with E-state index in [1.807, 2.05) is 13.8 Å². The molecule has 0 aliphatic rings. The number of amides is 1. The van der Waals surface area contributed by atoms with Gasteiger partial charge in [-0.05, 0) is 32.4 Å². The Hall–Kier alpha value is -1.65. The van der Waals surface area contributed by atoms with Crippen molar-refractivity contribution < 1.29 is 13.6 Å². The highest BCUT2D eigenvalue weighted by Gasteiger charge is 2.08. The Morgan fingerprint density at radius 1 is 1.28 bits per heavy atom. The van der Waals surface area contributed by atoms with Gasteiger partial charge < -0.3 is 10.6 Å². The summed E-state index contributed by atoms with van der Waals surface area (Å²) in [5.74, 6) is -1.10. The van der Waals surface area contributed by atoms with E-state index in [1.54, 1.807) is 0 Å². The quantitative estimate of drug-likeness (QED) is 0.850. The second-order valence-corrected chi connectivity index (χ2v) is 4.48. The Kier molecular flexibility index (Phi) is 5.07. The highest BCUT2D eigenvalue weighted by molar-refractivity contribution is 5.76. The molecule has 100 valence electrons. The Bertz CT molecular complexity index is 433. The number of rotatable bonds is 5. The van der Waals surface area contributed by atoms with Crippen molar-refractivity contribution in [2.45, 2.75) is 33.2 Å². The van der Waals surface area contributed by atoms with E-state index in [4.69, 9.17) is 0 Å². The molecule has 0 bridgehead atoms. The lowest BCUT2D eigenvalue weighted by Gasteiger charge is -2.10. The van der Waals surface area contributed by atoms with Crippen LogP contribution in [0.2, 0.25) is 0 Å². The van der Waals surface area contributed by atoms with Crippen molar-refractivity contribution in [1.82, 2.24) is 5.32 Å². The van der Waals surface area contributed by atoms with Crippen molar-refractivity contribution in [2.75, 3.05) is 11.9 Å². The van der Waals surface area contributed by atoms with Crippen LogP contribution in [-0.2, 0) is 4.79 Å². The molecule has 1 rings (SSSR count). The fourth-order valence-electron chi connectivity index (χ4n) is 1.49. The van der Waals surface area contributed by atoms with Gasteiger partial charge in [-0.2, -0.15) is 0 Å². The maximum atomic E-state index is 13.4. The molecule has 0 heterocycles. The van der Waals surface area contributed by atoms with E-state index in [9.17, 15) is 13.6 Å². The van der Waals surface area contributed by atoms with Gasteiger partial charge in [0.1, 0.15) is 11.6 Å². The molecule has 2 N–H and O–H groups in total. The highest BCUT2D eigenvalue weighted by atomic mass is 19.1. The van der Waals surface area contributed by atoms with E-state index < -0.39 is 11.6 Å². The third-order valence-corrected chi connectivity index (χ3v) is 2.37. The molecule has 0 saturated carbocycles. The fourth-order valence-corrected chi connectivity index (χ4v) is 1.49. The molecule has 0 aliphatic heterocycles. The normalized spacial score (nSPS) is 10.6. The zero-order valence-corrected chi connectivity index (χ0v) is 10.8. The summed E-state index contributed by atoms with van der Waals surface area (Å²) in [6.07, 6.45) is 0.215. The third-order valence-electron chi connectivity index (χ3n) is 2.37. The summed E-state index contributed by atoms with van der Waals surface area (Å²) < 4.78 is 26.7. The lowest BCUT2D eigenvalue weighted by Crippen LogP contribution is -2.31. The monoisotopic (exact) mass is 256 g/mol. The van der Waals surface area contributed by atoms with Gasteiger partial charge in [0.25, 0.3) is 0 Å². The van der Waals surface area contributed by atoms with Crippen molar-refractivity contribution in [3.8, 4) is 0 Å². The number of nitrogens with one attached hydrogen (secondary N) is 2. The second-order valence-electron chi connectivity index (χ2n) is 4.48. The molecule has 0 aliphatic carbocycles. The topological polar surface area (TPSA) is 41.1 Å². The summed E-state index contributed by atoms with van der Waals surface area (Å²) in [6, 6.07) is 2.31. The highest BCUT2D eigenvalue weighted by Crippen LogP contribution is 2.18. The molecule has 1 amide bonds. The summed E-state index contributed by atoms with van der Waals surface area (Å²) >= 11 is 0. The SMILES string of the molecule is Cc1cc(F)c(NCCC(=O)NC(C)C)cc1F. The number of hydrogen-bond donors (Lipinski definition) is 2. The van der Waals surface area contributed by atoms with E-state index in [-0.39, 0.29) is 36.2 Å². The number of hydrogen-bond acceptors (Lipinski definition) is 2. The predicted octanol–water partition coefficient (Wildman–Crippen LogP) is 2.60. The van der Waals surface area contributed by atoms with Crippen LogP contribution in [-0.4, -0.2) is 18.5 Å². The van der Waals surface area contributed by atoms with Gasteiger partial charge in [0.15, 0.2) is 0 Å². The second kappa shape index (κ2) is 6.33. The van der Waals surface area contributed by atoms with Gasteiger partial charge in [0.2, 0.25) is 5.91 Å². The van der Waals surface area contributed by atoms with E-state index >= 15 is 0 Å². The molecule has 1 aromatic carbocycles. The molecule has 5 heteroatoms. The Morgan fingerprint density at radius 3 is 2.56 bits per heavy atom. The minimum Gasteiger partial charge on any atom is -0.382 e. The molecule has 0 fully saturated rings. The van der Waals surface area contributed by atoms with E-state index in [2.05, 4.69) is 10.6 Å². The predicted molar refractivity (Wildman–Crippen MR) is 67.5 cm³/mol. The van der Waals surface area contributed by atoms with Crippen molar-refractivity contribution in [3.05, 3.63) is 29.3 Å². The van der Waals surface area contributed by atoms with Crippen LogP contribution in [0.5, 0.6) is 0 Å². The third kappa shape index (κ3) is 4.31. The van der Waals surface area contributed by atoms with Crippen LogP contribution in [0.15, 0.2) is 12.1 Å². The summed E-state index contributed by atoms with van der Waals surface area (Å²) in [6.45, 7) is 5.48. The first kappa shape index (κ1) is 14.4. The number of carbonyl (C=O) groups excluding carboxylic acids is 1. The van der Waals surface area contributed by atoms with E-state index in [0.717, 1.165) is 12.1 Å². The first-order chi connectivity index (χ1) is 8.40. The first-order valence-corrected chi connectivity index (χ1v) is 5.89. The van der Waals surface area contributed by atoms with Crippen LogP contribution in [0.1, 0.15) is 25.8 Å². The van der Waals surface area contributed by atoms with Crippen LogP contribution in [0.25, 0.3) is 0 Å². The van der Waals surface area contributed by atoms with Gasteiger partial charge >= 0.3 is 0 Å². The summed E-state index contributed by atoms with van der Waals surface area (Å²) in [5.41, 5.74) is 0.339. The molecule has 0 radical (unpaired) electrons. The summed E-state index contributed by atoms with van der Waals surface area (Å²) in [4.78, 5) is 11.3. The molecular weight excluding hydrogens is 238 g/mol. The summed E-state index contributed by atoms with van der Waals surface area (Å²) in [5, 5.41) is 5.43. The average molecular weight is 256 g/mol. The van der Waals surface area contributed by atoms with Gasteiger partial charge in [-0.15, -0.1) is 0 Å². The smallest absolute Gasteiger partial charge is 0.221 e. The molecule has 0 aromatic heterocycles. The van der Waals surface area contributed by atoms with Gasteiger partial charge in [0, 0.05) is 25.1 Å². The Balaban J connectivity index is 2.49. The van der Waals surface area contributed by atoms with Crippen LogP contribution in [0.3, 0.4) is 0 Å². The van der Waals surface area contributed by atoms with E-state index in [1.165, 1.54) is 6.92 Å². The van der Waals surface area contributed by atoms with Gasteiger partial charge in [-0.1, -0.05) is 0 Å². The number of halogens is 2. The first-order valence-electron chi connectivity index (χ1n) is 5.89. The largest absolute Gasteiger partial charge is 0.382 e. The molecule has 0 unspecified atom stereocenters. The lowest BCUT2D eigenvalue weighted by atomic mass is 10.2. The zero-order valence-electron chi connectivity index (χ0n) is 10.8. The Morgan fingerprint density at radius 2 is 1.94 bits per heavy atom. The number of anilines is 1. The van der Waals surface area contributed by atoms with Crippen molar-refractivity contribution in [3.63, 3.8) is 0 Å². The standard InChI is InChI=1S/C13H18F2N2O/c1-8(2)17-13(18)4-5-16-12-7-10(14)9(3)6-11(12)15/h6-8,16H,4-5H2,1-3H3,(H,17,18). The molecule has 1 aromatic rings. The molecule has 0 atom stereocenters. The van der Waals surface area contributed by atoms with E-state index in [0.29, 0.717) is 0 Å². The number of aryl methyl sites for hydroxylation is 1. The van der Waals surface area contributed by atoms with Crippen LogP contribution in [0.4, 0.5) is 14.5 Å². The molecule has 0 saturated heterocycles. The van der Waals surface area contributed by atoms with Gasteiger partial charge in [-0.3, -0.25) is 4.79 Å². The molecular formula is C13H18F2N2O. The zero-order chi connectivity index (χ0) is 13.7. The summed E-state index contributed by atoms with van der Waals surface area (Å²) in [7, 11) is 0.